The predicted molar refractivity (Wildman–Crippen MR) is 147 cm³/mol. The van der Waals surface area contributed by atoms with Crippen molar-refractivity contribution in [1.82, 2.24) is 14.5 Å². The van der Waals surface area contributed by atoms with Gasteiger partial charge in [0.05, 0.1) is 5.69 Å². The molecule has 37 heavy (non-hydrogen) atoms. The van der Waals surface area contributed by atoms with Gasteiger partial charge in [-0.05, 0) is 55.9 Å². The van der Waals surface area contributed by atoms with Crippen LogP contribution in [0.3, 0.4) is 0 Å². The Bertz CT molecular complexity index is 1180. The molecule has 9 heteroatoms. The van der Waals surface area contributed by atoms with Crippen molar-refractivity contribution in [3.63, 3.8) is 0 Å². The number of nitrogens with one attached hydrogen (secondary N) is 1. The SMILES string of the molecule is CCC(C(=O)NC1CCCC1)N(Cc1ccccc1)C(=O)CN(c1cc(C)ccc1C)S(=O)(=O)N(C)C. The first kappa shape index (κ1) is 28.7. The molecule has 1 unspecified atom stereocenters. The molecule has 0 heterocycles. The van der Waals surface area contributed by atoms with Gasteiger partial charge in [0.1, 0.15) is 12.6 Å². The lowest BCUT2D eigenvalue weighted by molar-refractivity contribution is -0.140. The van der Waals surface area contributed by atoms with Crippen molar-refractivity contribution >= 4 is 27.7 Å². The van der Waals surface area contributed by atoms with Crippen molar-refractivity contribution in [2.75, 3.05) is 24.9 Å². The van der Waals surface area contributed by atoms with Crippen molar-refractivity contribution in [3.05, 3.63) is 65.2 Å². The van der Waals surface area contributed by atoms with Gasteiger partial charge < -0.3 is 10.2 Å². The highest BCUT2D eigenvalue weighted by Crippen LogP contribution is 2.26. The van der Waals surface area contributed by atoms with Crippen LogP contribution < -0.4 is 9.62 Å². The monoisotopic (exact) mass is 528 g/mol. The summed E-state index contributed by atoms with van der Waals surface area (Å²) in [5, 5.41) is 3.13. The molecule has 1 atom stereocenters. The standard InChI is InChI=1S/C28H40N4O4S/c1-6-25(28(34)29-24-14-10-11-15-24)31(19-23-12-8-7-9-13-23)27(33)20-32(37(35,36)30(4)5)26-18-21(2)16-17-22(26)3/h7-9,12-13,16-18,24-25H,6,10-11,14-15,19-20H2,1-5H3,(H,29,34). The molecule has 1 N–H and O–H groups in total. The van der Waals surface area contributed by atoms with Crippen LogP contribution in [0, 0.1) is 13.8 Å². The van der Waals surface area contributed by atoms with Crippen molar-refractivity contribution < 1.29 is 18.0 Å². The number of anilines is 1. The molecule has 2 aromatic rings. The summed E-state index contributed by atoms with van der Waals surface area (Å²) in [5.74, 6) is -0.615. The quantitative estimate of drug-likeness (QED) is 0.481. The number of nitrogens with zero attached hydrogens (tertiary/aromatic N) is 3. The molecule has 8 nitrogen and oxygen atoms in total. The Hall–Kier alpha value is -2.91. The fourth-order valence-corrected chi connectivity index (χ4v) is 5.87. The number of amides is 2. The van der Waals surface area contributed by atoms with Crippen LogP contribution in [0.2, 0.25) is 0 Å². The first-order valence-corrected chi connectivity index (χ1v) is 14.4. The third-order valence-electron chi connectivity index (χ3n) is 6.94. The molecule has 1 saturated carbocycles. The molecule has 2 aromatic carbocycles. The van der Waals surface area contributed by atoms with Gasteiger partial charge >= 0.3 is 10.2 Å². The van der Waals surface area contributed by atoms with Crippen LogP contribution in [0.1, 0.15) is 55.7 Å². The van der Waals surface area contributed by atoms with E-state index in [4.69, 9.17) is 0 Å². The van der Waals surface area contributed by atoms with E-state index >= 15 is 0 Å². The Balaban J connectivity index is 1.98. The van der Waals surface area contributed by atoms with Crippen molar-refractivity contribution in [3.8, 4) is 0 Å². The topological polar surface area (TPSA) is 90.0 Å². The van der Waals surface area contributed by atoms with E-state index in [1.807, 2.05) is 63.2 Å². The molecule has 0 aliphatic heterocycles. The van der Waals surface area contributed by atoms with Crippen molar-refractivity contribution in [2.24, 2.45) is 0 Å². The van der Waals surface area contributed by atoms with Gasteiger partial charge in [-0.25, -0.2) is 4.31 Å². The van der Waals surface area contributed by atoms with Gasteiger partial charge in [0.25, 0.3) is 0 Å². The van der Waals surface area contributed by atoms with E-state index in [1.54, 1.807) is 6.07 Å². The summed E-state index contributed by atoms with van der Waals surface area (Å²) in [5.41, 5.74) is 2.95. The number of aryl methyl sites for hydroxylation is 2. The molecule has 0 aromatic heterocycles. The molecule has 202 valence electrons. The zero-order chi connectivity index (χ0) is 27.2. The Morgan fingerprint density at radius 1 is 1.03 bits per heavy atom. The molecular weight excluding hydrogens is 488 g/mol. The van der Waals surface area contributed by atoms with Crippen LogP contribution >= 0.6 is 0 Å². The Morgan fingerprint density at radius 3 is 2.27 bits per heavy atom. The predicted octanol–water partition coefficient (Wildman–Crippen LogP) is 3.78. The van der Waals surface area contributed by atoms with E-state index in [0.717, 1.165) is 51.0 Å². The maximum Gasteiger partial charge on any atom is 0.304 e. The second-order valence-electron chi connectivity index (χ2n) is 10.0. The van der Waals surface area contributed by atoms with Gasteiger partial charge in [-0.15, -0.1) is 0 Å². The highest BCUT2D eigenvalue weighted by molar-refractivity contribution is 7.90. The van der Waals surface area contributed by atoms with E-state index in [2.05, 4.69) is 5.32 Å². The van der Waals surface area contributed by atoms with Crippen LogP contribution in [0.25, 0.3) is 0 Å². The summed E-state index contributed by atoms with van der Waals surface area (Å²) < 4.78 is 29.1. The minimum Gasteiger partial charge on any atom is -0.352 e. The maximum atomic E-state index is 14.0. The lowest BCUT2D eigenvalue weighted by Gasteiger charge is -2.34. The fourth-order valence-electron chi connectivity index (χ4n) is 4.76. The summed E-state index contributed by atoms with van der Waals surface area (Å²) in [7, 11) is -1.09. The Morgan fingerprint density at radius 2 is 1.68 bits per heavy atom. The van der Waals surface area contributed by atoms with Crippen LogP contribution in [-0.2, 0) is 26.3 Å². The second kappa shape index (κ2) is 12.6. The van der Waals surface area contributed by atoms with Crippen molar-refractivity contribution in [1.29, 1.82) is 0 Å². The Labute approximate surface area is 221 Å². The van der Waals surface area contributed by atoms with Gasteiger partial charge in [0, 0.05) is 26.7 Å². The molecule has 0 spiro atoms. The minimum atomic E-state index is -3.99. The summed E-state index contributed by atoms with van der Waals surface area (Å²) in [4.78, 5) is 28.9. The number of hydrogen-bond acceptors (Lipinski definition) is 4. The smallest absolute Gasteiger partial charge is 0.304 e. The normalized spacial score (nSPS) is 15.0. The molecule has 0 bridgehead atoms. The second-order valence-corrected chi connectivity index (χ2v) is 12.1. The molecule has 0 saturated heterocycles. The van der Waals surface area contributed by atoms with Gasteiger partial charge in [0.15, 0.2) is 0 Å². The molecule has 1 aliphatic rings. The zero-order valence-corrected chi connectivity index (χ0v) is 23.4. The van der Waals surface area contributed by atoms with Crippen molar-refractivity contribution in [2.45, 2.75) is 71.5 Å². The molecule has 1 fully saturated rings. The van der Waals surface area contributed by atoms with Crippen LogP contribution in [0.15, 0.2) is 48.5 Å². The van der Waals surface area contributed by atoms with Gasteiger partial charge in [0.2, 0.25) is 11.8 Å². The third-order valence-corrected chi connectivity index (χ3v) is 8.74. The van der Waals surface area contributed by atoms with E-state index in [-0.39, 0.29) is 18.5 Å². The lowest BCUT2D eigenvalue weighted by Crippen LogP contribution is -2.54. The Kier molecular flexibility index (Phi) is 9.73. The van der Waals surface area contributed by atoms with Gasteiger partial charge in [-0.2, -0.15) is 12.7 Å². The third kappa shape index (κ3) is 7.11. The molecule has 3 rings (SSSR count). The van der Waals surface area contributed by atoms with Crippen LogP contribution in [0.4, 0.5) is 5.69 Å². The van der Waals surface area contributed by atoms with E-state index in [0.29, 0.717) is 12.1 Å². The molecule has 1 aliphatic carbocycles. The van der Waals surface area contributed by atoms with Crippen LogP contribution in [-0.4, -0.2) is 62.2 Å². The number of benzene rings is 2. The number of carbonyl (C=O) groups excluding carboxylic acids is 2. The average Bonchev–Trinajstić information content (AvgIpc) is 3.37. The van der Waals surface area contributed by atoms with Gasteiger partial charge in [-0.1, -0.05) is 62.2 Å². The number of carbonyl (C=O) groups is 2. The largest absolute Gasteiger partial charge is 0.352 e. The summed E-state index contributed by atoms with van der Waals surface area (Å²) in [6.07, 6.45) is 4.47. The summed E-state index contributed by atoms with van der Waals surface area (Å²) in [6.45, 7) is 5.38. The maximum absolute atomic E-state index is 14.0. The highest BCUT2D eigenvalue weighted by Gasteiger charge is 2.35. The van der Waals surface area contributed by atoms with Gasteiger partial charge in [-0.3, -0.25) is 9.59 Å². The first-order chi connectivity index (χ1) is 17.5. The van der Waals surface area contributed by atoms with Crippen LogP contribution in [0.5, 0.6) is 0 Å². The number of hydrogen-bond donors (Lipinski definition) is 1. The fraction of sp³-hybridized carbons (Fsp3) is 0.500. The van der Waals surface area contributed by atoms with E-state index < -0.39 is 28.7 Å². The highest BCUT2D eigenvalue weighted by atomic mass is 32.2. The zero-order valence-electron chi connectivity index (χ0n) is 22.6. The van der Waals surface area contributed by atoms with E-state index in [9.17, 15) is 18.0 Å². The first-order valence-electron chi connectivity index (χ1n) is 13.0. The number of rotatable bonds is 11. The lowest BCUT2D eigenvalue weighted by atomic mass is 10.1. The summed E-state index contributed by atoms with van der Waals surface area (Å²) in [6, 6.07) is 14.4. The van der Waals surface area contributed by atoms with E-state index in [1.165, 1.54) is 19.0 Å². The average molecular weight is 529 g/mol. The minimum absolute atomic E-state index is 0.121. The molecule has 2 amide bonds. The molecular formula is C28H40N4O4S. The summed E-state index contributed by atoms with van der Waals surface area (Å²) >= 11 is 0. The molecule has 0 radical (unpaired) electrons.